The Morgan fingerprint density at radius 1 is 1.23 bits per heavy atom. The molecule has 1 aliphatic heterocycles. The van der Waals surface area contributed by atoms with E-state index in [0.29, 0.717) is 11.1 Å². The summed E-state index contributed by atoms with van der Waals surface area (Å²) in [5.74, 6) is -1.17. The second kappa shape index (κ2) is 5.82. The van der Waals surface area contributed by atoms with Crippen LogP contribution >= 0.6 is 0 Å². The quantitative estimate of drug-likeness (QED) is 0.568. The van der Waals surface area contributed by atoms with E-state index in [2.05, 4.69) is 0 Å². The Bertz CT molecular complexity index is 618. The van der Waals surface area contributed by atoms with Gasteiger partial charge in [-0.05, 0) is 35.9 Å². The van der Waals surface area contributed by atoms with Crippen LogP contribution in [-0.2, 0) is 9.47 Å². The molecule has 1 aromatic carbocycles. The number of fused-ring (bicyclic) bond motifs is 1. The van der Waals surface area contributed by atoms with E-state index in [1.165, 1.54) is 30.5 Å². The zero-order chi connectivity index (χ0) is 15.7. The SMILES string of the molecule is O=C(OCC1=C[C@@H](O)C2C=CO[C@@H](O)C12)c1ccc(O)cc1. The minimum Gasteiger partial charge on any atom is -0.508 e. The fourth-order valence-electron chi connectivity index (χ4n) is 2.78. The molecule has 116 valence electrons. The molecule has 2 unspecified atom stereocenters. The third-order valence-corrected chi connectivity index (χ3v) is 3.92. The van der Waals surface area contributed by atoms with Crippen molar-refractivity contribution in [2.45, 2.75) is 12.4 Å². The van der Waals surface area contributed by atoms with E-state index in [1.54, 1.807) is 12.2 Å². The van der Waals surface area contributed by atoms with Crippen LogP contribution in [0.4, 0.5) is 0 Å². The summed E-state index contributed by atoms with van der Waals surface area (Å²) < 4.78 is 10.2. The van der Waals surface area contributed by atoms with Crippen molar-refractivity contribution in [2.75, 3.05) is 6.61 Å². The van der Waals surface area contributed by atoms with Crippen molar-refractivity contribution in [3.63, 3.8) is 0 Å². The number of hydrogen-bond donors (Lipinski definition) is 3. The van der Waals surface area contributed by atoms with Crippen molar-refractivity contribution in [1.82, 2.24) is 0 Å². The fourth-order valence-corrected chi connectivity index (χ4v) is 2.78. The molecule has 2 aliphatic rings. The highest BCUT2D eigenvalue weighted by Crippen LogP contribution is 2.38. The Hall–Kier alpha value is -2.31. The van der Waals surface area contributed by atoms with Crippen LogP contribution in [0.3, 0.4) is 0 Å². The first-order chi connectivity index (χ1) is 10.6. The normalized spacial score (nSPS) is 29.5. The Labute approximate surface area is 126 Å². The molecule has 3 N–H and O–H groups in total. The molecule has 1 heterocycles. The number of benzene rings is 1. The van der Waals surface area contributed by atoms with E-state index in [4.69, 9.17) is 9.47 Å². The van der Waals surface area contributed by atoms with Gasteiger partial charge in [-0.25, -0.2) is 4.79 Å². The van der Waals surface area contributed by atoms with Crippen LogP contribution in [0.1, 0.15) is 10.4 Å². The van der Waals surface area contributed by atoms with Crippen LogP contribution in [0.15, 0.2) is 48.3 Å². The summed E-state index contributed by atoms with van der Waals surface area (Å²) >= 11 is 0. The molecule has 0 aromatic heterocycles. The van der Waals surface area contributed by atoms with E-state index in [-0.39, 0.29) is 18.3 Å². The van der Waals surface area contributed by atoms with Gasteiger partial charge >= 0.3 is 5.97 Å². The molecule has 1 aliphatic carbocycles. The molecule has 0 amide bonds. The van der Waals surface area contributed by atoms with Gasteiger partial charge in [-0.2, -0.15) is 0 Å². The van der Waals surface area contributed by atoms with E-state index < -0.39 is 24.3 Å². The van der Waals surface area contributed by atoms with Gasteiger partial charge in [-0.1, -0.05) is 6.08 Å². The van der Waals surface area contributed by atoms with E-state index in [0.717, 1.165) is 0 Å². The molecule has 0 saturated carbocycles. The third-order valence-electron chi connectivity index (χ3n) is 3.92. The smallest absolute Gasteiger partial charge is 0.338 e. The maximum atomic E-state index is 11.9. The number of hydrogen-bond acceptors (Lipinski definition) is 6. The summed E-state index contributed by atoms with van der Waals surface area (Å²) in [5.41, 5.74) is 0.940. The first-order valence-corrected chi connectivity index (χ1v) is 6.91. The molecule has 6 heteroatoms. The molecule has 22 heavy (non-hydrogen) atoms. The molecular weight excluding hydrogens is 288 g/mol. The van der Waals surface area contributed by atoms with Crippen molar-refractivity contribution in [3.8, 4) is 5.75 Å². The predicted molar refractivity (Wildman–Crippen MR) is 75.7 cm³/mol. The van der Waals surface area contributed by atoms with Crippen molar-refractivity contribution in [3.05, 3.63) is 53.8 Å². The van der Waals surface area contributed by atoms with Gasteiger partial charge in [0, 0.05) is 5.92 Å². The van der Waals surface area contributed by atoms with Gasteiger partial charge in [0.2, 0.25) is 6.29 Å². The van der Waals surface area contributed by atoms with Crippen molar-refractivity contribution >= 4 is 5.97 Å². The number of carbonyl (C=O) groups excluding carboxylic acids is 1. The summed E-state index contributed by atoms with van der Waals surface area (Å²) in [5, 5.41) is 29.0. The van der Waals surface area contributed by atoms with Crippen LogP contribution in [0.25, 0.3) is 0 Å². The molecule has 0 radical (unpaired) electrons. The molecule has 0 fully saturated rings. The molecule has 0 saturated heterocycles. The zero-order valence-corrected chi connectivity index (χ0v) is 11.6. The number of aliphatic hydroxyl groups is 2. The monoisotopic (exact) mass is 304 g/mol. The van der Waals surface area contributed by atoms with Gasteiger partial charge in [-0.3, -0.25) is 0 Å². The van der Waals surface area contributed by atoms with Gasteiger partial charge in [0.1, 0.15) is 12.4 Å². The highest BCUT2D eigenvalue weighted by Gasteiger charge is 2.42. The average Bonchev–Trinajstić information content (AvgIpc) is 2.83. The van der Waals surface area contributed by atoms with Gasteiger partial charge in [0.15, 0.2) is 0 Å². The number of phenols is 1. The molecule has 4 atom stereocenters. The highest BCUT2D eigenvalue weighted by molar-refractivity contribution is 5.89. The molecular formula is C16H16O6. The summed E-state index contributed by atoms with van der Waals surface area (Å²) in [4.78, 5) is 11.9. The van der Waals surface area contributed by atoms with E-state index in [1.807, 2.05) is 0 Å². The summed E-state index contributed by atoms with van der Waals surface area (Å²) in [6, 6.07) is 5.71. The summed E-state index contributed by atoms with van der Waals surface area (Å²) in [6.07, 6.45) is 2.84. The standard InChI is InChI=1S/C16H16O6/c17-11-3-1-9(2-4-11)15(19)22-8-10-7-13(18)12-5-6-21-16(20)14(10)12/h1-7,12-14,16-18,20H,8H2/t12?,13-,14?,16-/m1/s1. The fraction of sp³-hybridized carbons (Fsp3) is 0.312. The number of aromatic hydroxyl groups is 1. The van der Waals surface area contributed by atoms with Crippen molar-refractivity contribution in [1.29, 1.82) is 0 Å². The number of rotatable bonds is 3. The predicted octanol–water partition coefficient (Wildman–Crippen LogP) is 0.945. The first kappa shape index (κ1) is 14.6. The number of ether oxygens (including phenoxy) is 2. The van der Waals surface area contributed by atoms with Gasteiger partial charge in [0.05, 0.1) is 23.8 Å². The Morgan fingerprint density at radius 3 is 2.68 bits per heavy atom. The molecule has 0 spiro atoms. The van der Waals surface area contributed by atoms with Crippen LogP contribution < -0.4 is 0 Å². The Balaban J connectivity index is 1.66. The number of carbonyl (C=O) groups is 1. The topological polar surface area (TPSA) is 96.2 Å². The largest absolute Gasteiger partial charge is 0.508 e. The van der Waals surface area contributed by atoms with Crippen molar-refractivity contribution < 1.29 is 29.6 Å². The second-order valence-electron chi connectivity index (χ2n) is 5.31. The number of aliphatic hydroxyl groups excluding tert-OH is 2. The molecule has 3 rings (SSSR count). The maximum Gasteiger partial charge on any atom is 0.338 e. The van der Waals surface area contributed by atoms with Gasteiger partial charge in [0.25, 0.3) is 0 Å². The lowest BCUT2D eigenvalue weighted by Gasteiger charge is -2.29. The van der Waals surface area contributed by atoms with Crippen molar-refractivity contribution in [2.24, 2.45) is 11.8 Å². The number of esters is 1. The van der Waals surface area contributed by atoms with Crippen LogP contribution in [0, 0.1) is 11.8 Å². The van der Waals surface area contributed by atoms with Crippen LogP contribution in [-0.4, -0.2) is 40.3 Å². The Morgan fingerprint density at radius 2 is 1.95 bits per heavy atom. The zero-order valence-electron chi connectivity index (χ0n) is 11.6. The average molecular weight is 304 g/mol. The summed E-state index contributed by atoms with van der Waals surface area (Å²) in [6.45, 7) is -0.0355. The molecule has 0 bridgehead atoms. The maximum absolute atomic E-state index is 11.9. The van der Waals surface area contributed by atoms with E-state index in [9.17, 15) is 20.1 Å². The van der Waals surface area contributed by atoms with E-state index >= 15 is 0 Å². The van der Waals surface area contributed by atoms with Gasteiger partial charge in [-0.15, -0.1) is 0 Å². The minimum atomic E-state index is -1.06. The van der Waals surface area contributed by atoms with Crippen LogP contribution in [0.5, 0.6) is 5.75 Å². The van der Waals surface area contributed by atoms with Gasteiger partial charge < -0.3 is 24.8 Å². The lowest BCUT2D eigenvalue weighted by atomic mass is 9.88. The molecule has 1 aromatic rings. The number of phenolic OH excluding ortho intramolecular Hbond substituents is 1. The third kappa shape index (κ3) is 2.70. The Kier molecular flexibility index (Phi) is 3.87. The first-order valence-electron chi connectivity index (χ1n) is 6.91. The second-order valence-corrected chi connectivity index (χ2v) is 5.31. The minimum absolute atomic E-state index is 0.0355. The summed E-state index contributed by atoms with van der Waals surface area (Å²) in [7, 11) is 0. The van der Waals surface area contributed by atoms with Crippen LogP contribution in [0.2, 0.25) is 0 Å². The lowest BCUT2D eigenvalue weighted by Crippen LogP contribution is -2.34. The highest BCUT2D eigenvalue weighted by atomic mass is 16.6. The lowest BCUT2D eigenvalue weighted by molar-refractivity contribution is -0.109. The molecule has 6 nitrogen and oxygen atoms in total.